The highest BCUT2D eigenvalue weighted by Crippen LogP contribution is 2.64. The predicted molar refractivity (Wildman–Crippen MR) is 95.2 cm³/mol. The minimum absolute atomic E-state index is 0.657. The van der Waals surface area contributed by atoms with Crippen molar-refractivity contribution >= 4 is 7.26 Å². The van der Waals surface area contributed by atoms with Crippen LogP contribution in [-0.2, 0) is 0 Å². The second-order valence-corrected chi connectivity index (χ2v) is 11.4. The molecular formula is C18H40P+. The van der Waals surface area contributed by atoms with Gasteiger partial charge in [-0.15, -0.1) is 0 Å². The molecule has 0 aromatic carbocycles. The third kappa shape index (κ3) is 8.34. The van der Waals surface area contributed by atoms with Crippen molar-refractivity contribution in [1.82, 2.24) is 0 Å². The Labute approximate surface area is 124 Å². The number of hydrogen-bond acceptors (Lipinski definition) is 0. The first kappa shape index (κ1) is 19.4. The van der Waals surface area contributed by atoms with Gasteiger partial charge in [-0.05, 0) is 33.1 Å². The maximum Gasteiger partial charge on any atom is 0.0641 e. The minimum atomic E-state index is -0.657. The molecule has 0 spiro atoms. The van der Waals surface area contributed by atoms with Crippen molar-refractivity contribution in [1.29, 1.82) is 0 Å². The fourth-order valence-electron chi connectivity index (χ4n) is 3.14. The second-order valence-electron chi connectivity index (χ2n) is 6.60. The molecule has 0 saturated heterocycles. The highest BCUT2D eigenvalue weighted by atomic mass is 31.2. The van der Waals surface area contributed by atoms with Crippen molar-refractivity contribution in [2.75, 3.05) is 18.5 Å². The highest BCUT2D eigenvalue weighted by Gasteiger charge is 2.38. The van der Waals surface area contributed by atoms with E-state index in [0.717, 1.165) is 5.66 Å². The van der Waals surface area contributed by atoms with E-state index in [1.165, 1.54) is 57.8 Å². The van der Waals surface area contributed by atoms with Gasteiger partial charge in [-0.1, -0.05) is 59.3 Å². The maximum atomic E-state index is 2.53. The lowest BCUT2D eigenvalue weighted by molar-refractivity contribution is 0.735. The van der Waals surface area contributed by atoms with Crippen LogP contribution in [0.15, 0.2) is 0 Å². The first-order valence-corrected chi connectivity index (χ1v) is 11.4. The molecule has 0 nitrogen and oxygen atoms in total. The van der Waals surface area contributed by atoms with Crippen LogP contribution in [0.25, 0.3) is 0 Å². The Morgan fingerprint density at radius 1 is 0.579 bits per heavy atom. The van der Waals surface area contributed by atoms with Gasteiger partial charge in [0.25, 0.3) is 0 Å². The standard InChI is InChI=1S/C18H40P/c1-6-9-12-15-19(18(4)5,16-13-10-7-2)17-14-11-8-3/h18H,6-17H2,1-5H3/q+1. The summed E-state index contributed by atoms with van der Waals surface area (Å²) in [4.78, 5) is 0. The lowest BCUT2D eigenvalue weighted by Crippen LogP contribution is -2.17. The Kier molecular flexibility index (Phi) is 12.5. The first-order valence-electron chi connectivity index (χ1n) is 8.98. The SMILES string of the molecule is CCCCC[P+](CCCCC)(CCCCC)C(C)C. The van der Waals surface area contributed by atoms with Crippen LogP contribution in [0.3, 0.4) is 0 Å². The quantitative estimate of drug-likeness (QED) is 0.253. The average Bonchev–Trinajstić information content (AvgIpc) is 2.38. The lowest BCUT2D eigenvalue weighted by Gasteiger charge is -2.32. The van der Waals surface area contributed by atoms with E-state index >= 15 is 0 Å². The maximum absolute atomic E-state index is 2.53. The lowest BCUT2D eigenvalue weighted by atomic mass is 10.3. The van der Waals surface area contributed by atoms with Gasteiger partial charge in [0.15, 0.2) is 0 Å². The summed E-state index contributed by atoms with van der Waals surface area (Å²) in [5.74, 6) is 0. The fourth-order valence-corrected chi connectivity index (χ4v) is 7.92. The van der Waals surface area contributed by atoms with Crippen LogP contribution < -0.4 is 0 Å². The molecule has 0 aliphatic carbocycles. The van der Waals surface area contributed by atoms with E-state index < -0.39 is 7.26 Å². The molecule has 0 radical (unpaired) electrons. The van der Waals surface area contributed by atoms with Crippen molar-refractivity contribution < 1.29 is 0 Å². The van der Waals surface area contributed by atoms with Crippen LogP contribution >= 0.6 is 7.26 Å². The summed E-state index contributed by atoms with van der Waals surface area (Å²) in [5.41, 5.74) is 0.970. The largest absolute Gasteiger partial charge is 0.0654 e. The van der Waals surface area contributed by atoms with E-state index in [0.29, 0.717) is 0 Å². The summed E-state index contributed by atoms with van der Waals surface area (Å²) in [7, 11) is -0.657. The van der Waals surface area contributed by atoms with Gasteiger partial charge in [0, 0.05) is 7.26 Å². The Bertz CT molecular complexity index is 160. The van der Waals surface area contributed by atoms with Gasteiger partial charge >= 0.3 is 0 Å². The van der Waals surface area contributed by atoms with Crippen LogP contribution in [0.5, 0.6) is 0 Å². The van der Waals surface area contributed by atoms with Crippen LogP contribution in [0.4, 0.5) is 0 Å². The molecule has 0 aliphatic heterocycles. The number of hydrogen-bond donors (Lipinski definition) is 0. The van der Waals surface area contributed by atoms with Gasteiger partial charge in [-0.25, -0.2) is 0 Å². The molecule has 0 amide bonds. The molecular weight excluding hydrogens is 247 g/mol. The Morgan fingerprint density at radius 3 is 1.11 bits per heavy atom. The normalized spacial score (nSPS) is 12.3. The Morgan fingerprint density at radius 2 is 0.895 bits per heavy atom. The van der Waals surface area contributed by atoms with Gasteiger partial charge in [0.1, 0.15) is 0 Å². The minimum Gasteiger partial charge on any atom is -0.0654 e. The predicted octanol–water partition coefficient (Wildman–Crippen LogP) is 6.98. The van der Waals surface area contributed by atoms with Crippen LogP contribution in [0.2, 0.25) is 0 Å². The molecule has 0 unspecified atom stereocenters. The molecule has 0 atom stereocenters. The van der Waals surface area contributed by atoms with E-state index in [-0.39, 0.29) is 0 Å². The summed E-state index contributed by atoms with van der Waals surface area (Å²) in [6.07, 6.45) is 17.8. The highest BCUT2D eigenvalue weighted by molar-refractivity contribution is 7.76. The molecule has 0 aromatic heterocycles. The Balaban J connectivity index is 4.48. The molecule has 0 aliphatic rings. The first-order chi connectivity index (χ1) is 9.13. The molecule has 19 heavy (non-hydrogen) atoms. The van der Waals surface area contributed by atoms with Gasteiger partial charge in [0.05, 0.1) is 24.1 Å². The van der Waals surface area contributed by atoms with Crippen molar-refractivity contribution in [3.05, 3.63) is 0 Å². The van der Waals surface area contributed by atoms with E-state index in [9.17, 15) is 0 Å². The van der Waals surface area contributed by atoms with Gasteiger partial charge in [-0.3, -0.25) is 0 Å². The van der Waals surface area contributed by atoms with Gasteiger partial charge in [0.2, 0.25) is 0 Å². The summed E-state index contributed by atoms with van der Waals surface area (Å²) >= 11 is 0. The monoisotopic (exact) mass is 287 g/mol. The molecule has 0 fully saturated rings. The molecule has 1 heteroatoms. The zero-order valence-electron chi connectivity index (χ0n) is 14.5. The van der Waals surface area contributed by atoms with Crippen LogP contribution in [0, 0.1) is 0 Å². The average molecular weight is 287 g/mol. The molecule has 0 saturated carbocycles. The zero-order valence-corrected chi connectivity index (χ0v) is 15.4. The fraction of sp³-hybridized carbons (Fsp3) is 1.00. The Hall–Kier alpha value is 0.430. The zero-order chi connectivity index (χ0) is 14.6. The third-order valence-corrected chi connectivity index (χ3v) is 10.5. The molecule has 0 aromatic rings. The van der Waals surface area contributed by atoms with Crippen molar-refractivity contribution in [2.24, 2.45) is 0 Å². The third-order valence-electron chi connectivity index (χ3n) is 4.72. The summed E-state index contributed by atoms with van der Waals surface area (Å²) in [5, 5.41) is 0. The van der Waals surface area contributed by atoms with Crippen molar-refractivity contribution in [2.45, 2.75) is 98.1 Å². The molecule has 0 heterocycles. The van der Waals surface area contributed by atoms with Crippen molar-refractivity contribution in [3.8, 4) is 0 Å². The van der Waals surface area contributed by atoms with E-state index in [1.54, 1.807) is 18.5 Å². The number of rotatable bonds is 13. The van der Waals surface area contributed by atoms with Gasteiger partial charge in [-0.2, -0.15) is 0 Å². The molecule has 0 rings (SSSR count). The van der Waals surface area contributed by atoms with Crippen LogP contribution in [-0.4, -0.2) is 24.1 Å². The van der Waals surface area contributed by atoms with Gasteiger partial charge < -0.3 is 0 Å². The summed E-state index contributed by atoms with van der Waals surface area (Å²) in [6, 6.07) is 0. The van der Waals surface area contributed by atoms with Crippen LogP contribution in [0.1, 0.15) is 92.4 Å². The molecule has 0 bridgehead atoms. The van der Waals surface area contributed by atoms with E-state index in [1.807, 2.05) is 0 Å². The van der Waals surface area contributed by atoms with Crippen molar-refractivity contribution in [3.63, 3.8) is 0 Å². The number of unbranched alkanes of at least 4 members (excludes halogenated alkanes) is 6. The summed E-state index contributed by atoms with van der Waals surface area (Å²) < 4.78 is 0. The summed E-state index contributed by atoms with van der Waals surface area (Å²) in [6.45, 7) is 12.1. The van der Waals surface area contributed by atoms with E-state index in [4.69, 9.17) is 0 Å². The van der Waals surface area contributed by atoms with E-state index in [2.05, 4.69) is 34.6 Å². The topological polar surface area (TPSA) is 0 Å². The molecule has 116 valence electrons. The smallest absolute Gasteiger partial charge is 0.0641 e. The second kappa shape index (κ2) is 12.2. The molecule has 0 N–H and O–H groups in total.